The van der Waals surface area contributed by atoms with E-state index in [1.807, 2.05) is 41.7 Å². The van der Waals surface area contributed by atoms with Gasteiger partial charge in [0.2, 0.25) is 0 Å². The van der Waals surface area contributed by atoms with Crippen molar-refractivity contribution in [3.8, 4) is 0 Å². The van der Waals surface area contributed by atoms with E-state index in [-0.39, 0.29) is 6.03 Å². The fourth-order valence-electron chi connectivity index (χ4n) is 3.53. The lowest BCUT2D eigenvalue weighted by molar-refractivity contribution is 0.178. The van der Waals surface area contributed by atoms with Gasteiger partial charge in [0.25, 0.3) is 0 Å². The SMILES string of the molecule is O=C(NCc1ccco1)N1CCC(c2nccn2Cc2cccnc2)CC1. The molecule has 2 amide bonds. The van der Waals surface area contributed by atoms with Crippen molar-refractivity contribution in [1.29, 1.82) is 0 Å². The molecule has 1 aliphatic rings. The molecule has 0 aliphatic carbocycles. The molecule has 0 radical (unpaired) electrons. The number of likely N-dealkylation sites (tertiary alicyclic amines) is 1. The summed E-state index contributed by atoms with van der Waals surface area (Å²) in [5, 5.41) is 2.91. The summed E-state index contributed by atoms with van der Waals surface area (Å²) in [6, 6.07) is 7.66. The number of nitrogens with one attached hydrogen (secondary N) is 1. The Morgan fingerprint density at radius 2 is 2.11 bits per heavy atom. The van der Waals surface area contributed by atoms with E-state index in [2.05, 4.69) is 25.9 Å². The number of amides is 2. The average molecular weight is 365 g/mol. The number of rotatable bonds is 5. The summed E-state index contributed by atoms with van der Waals surface area (Å²) in [4.78, 5) is 23.0. The molecule has 1 N–H and O–H groups in total. The Labute approximate surface area is 158 Å². The number of carbonyl (C=O) groups is 1. The van der Waals surface area contributed by atoms with Crippen LogP contribution in [0.25, 0.3) is 0 Å². The Hall–Kier alpha value is -3.09. The van der Waals surface area contributed by atoms with E-state index < -0.39 is 0 Å². The van der Waals surface area contributed by atoms with E-state index in [1.165, 1.54) is 0 Å². The molecule has 1 saturated heterocycles. The van der Waals surface area contributed by atoms with Crippen molar-refractivity contribution in [3.63, 3.8) is 0 Å². The average Bonchev–Trinajstić information content (AvgIpc) is 3.39. The number of imidazole rings is 1. The van der Waals surface area contributed by atoms with Crippen LogP contribution in [0.4, 0.5) is 4.79 Å². The molecule has 7 heteroatoms. The predicted molar refractivity (Wildman–Crippen MR) is 100 cm³/mol. The molecule has 4 heterocycles. The highest BCUT2D eigenvalue weighted by atomic mass is 16.3. The van der Waals surface area contributed by atoms with Gasteiger partial charge >= 0.3 is 6.03 Å². The van der Waals surface area contributed by atoms with Gasteiger partial charge in [0.15, 0.2) is 0 Å². The molecular weight excluding hydrogens is 342 g/mol. The number of pyridine rings is 1. The number of aromatic nitrogens is 3. The second-order valence-electron chi connectivity index (χ2n) is 6.77. The summed E-state index contributed by atoms with van der Waals surface area (Å²) >= 11 is 0. The van der Waals surface area contributed by atoms with Crippen molar-refractivity contribution in [2.24, 2.45) is 0 Å². The third kappa shape index (κ3) is 4.19. The summed E-state index contributed by atoms with van der Waals surface area (Å²) in [6.07, 6.45) is 11.0. The largest absolute Gasteiger partial charge is 0.467 e. The maximum Gasteiger partial charge on any atom is 0.317 e. The van der Waals surface area contributed by atoms with E-state index in [9.17, 15) is 4.79 Å². The van der Waals surface area contributed by atoms with Crippen molar-refractivity contribution in [1.82, 2.24) is 24.8 Å². The molecule has 7 nitrogen and oxygen atoms in total. The van der Waals surface area contributed by atoms with Crippen LogP contribution in [-0.2, 0) is 13.1 Å². The minimum atomic E-state index is -0.0384. The highest BCUT2D eigenvalue weighted by Gasteiger charge is 2.26. The monoisotopic (exact) mass is 365 g/mol. The fraction of sp³-hybridized carbons (Fsp3) is 0.350. The zero-order valence-corrected chi connectivity index (χ0v) is 15.1. The molecular formula is C20H23N5O2. The van der Waals surface area contributed by atoms with Gasteiger partial charge in [-0.1, -0.05) is 6.07 Å². The second kappa shape index (κ2) is 8.07. The summed E-state index contributed by atoms with van der Waals surface area (Å²) in [7, 11) is 0. The number of urea groups is 1. The smallest absolute Gasteiger partial charge is 0.317 e. The lowest BCUT2D eigenvalue weighted by Gasteiger charge is -2.32. The Morgan fingerprint density at radius 3 is 2.85 bits per heavy atom. The number of piperidine rings is 1. The van der Waals surface area contributed by atoms with Crippen LogP contribution in [0.2, 0.25) is 0 Å². The number of hydrogen-bond acceptors (Lipinski definition) is 4. The summed E-state index contributed by atoms with van der Waals surface area (Å²) in [5.74, 6) is 2.22. The van der Waals surface area contributed by atoms with Crippen LogP contribution in [0.1, 0.15) is 35.9 Å². The highest BCUT2D eigenvalue weighted by Crippen LogP contribution is 2.27. The number of nitrogens with zero attached hydrogens (tertiary/aromatic N) is 4. The predicted octanol–water partition coefficient (Wildman–Crippen LogP) is 3.01. The first-order valence-electron chi connectivity index (χ1n) is 9.24. The van der Waals surface area contributed by atoms with E-state index in [0.29, 0.717) is 12.5 Å². The van der Waals surface area contributed by atoms with Crippen molar-refractivity contribution < 1.29 is 9.21 Å². The standard InChI is InChI=1S/C20H23N5O2/c26-20(23-14-18-4-2-12-27-18)24-9-5-17(6-10-24)19-22-8-11-25(19)15-16-3-1-7-21-13-16/h1-4,7-8,11-13,17H,5-6,9-10,14-15H2,(H,23,26). The van der Waals surface area contributed by atoms with Crippen LogP contribution in [0.3, 0.4) is 0 Å². The Morgan fingerprint density at radius 1 is 1.22 bits per heavy atom. The molecule has 0 saturated carbocycles. The summed E-state index contributed by atoms with van der Waals surface area (Å²) in [5.41, 5.74) is 1.16. The van der Waals surface area contributed by atoms with E-state index in [4.69, 9.17) is 4.42 Å². The van der Waals surface area contributed by atoms with Crippen molar-refractivity contribution in [3.05, 3.63) is 72.5 Å². The van der Waals surface area contributed by atoms with Crippen molar-refractivity contribution >= 4 is 6.03 Å². The number of carbonyl (C=O) groups excluding carboxylic acids is 1. The zero-order chi connectivity index (χ0) is 18.5. The van der Waals surface area contributed by atoms with E-state index in [0.717, 1.165) is 49.6 Å². The maximum atomic E-state index is 12.3. The molecule has 0 atom stereocenters. The van der Waals surface area contributed by atoms with Crippen LogP contribution in [0.5, 0.6) is 0 Å². The van der Waals surface area contributed by atoms with Gasteiger partial charge in [-0.2, -0.15) is 0 Å². The molecule has 0 unspecified atom stereocenters. The highest BCUT2D eigenvalue weighted by molar-refractivity contribution is 5.74. The van der Waals surface area contributed by atoms with Crippen LogP contribution in [-0.4, -0.2) is 38.6 Å². The van der Waals surface area contributed by atoms with Crippen molar-refractivity contribution in [2.75, 3.05) is 13.1 Å². The number of hydrogen-bond donors (Lipinski definition) is 1. The molecule has 4 rings (SSSR count). The second-order valence-corrected chi connectivity index (χ2v) is 6.77. The molecule has 3 aromatic heterocycles. The minimum absolute atomic E-state index is 0.0384. The first-order valence-corrected chi connectivity index (χ1v) is 9.24. The summed E-state index contributed by atoms with van der Waals surface area (Å²) < 4.78 is 7.44. The Kier molecular flexibility index (Phi) is 5.18. The minimum Gasteiger partial charge on any atom is -0.467 e. The summed E-state index contributed by atoms with van der Waals surface area (Å²) in [6.45, 7) is 2.65. The van der Waals surface area contributed by atoms with Crippen LogP contribution in [0, 0.1) is 0 Å². The number of furan rings is 1. The molecule has 1 aliphatic heterocycles. The van der Waals surface area contributed by atoms with Crippen LogP contribution in [0.15, 0.2) is 59.7 Å². The fourth-order valence-corrected chi connectivity index (χ4v) is 3.53. The molecule has 0 bridgehead atoms. The first kappa shape index (κ1) is 17.3. The van der Waals surface area contributed by atoms with Gasteiger partial charge in [-0.25, -0.2) is 9.78 Å². The molecule has 0 aromatic carbocycles. The quantitative estimate of drug-likeness (QED) is 0.754. The Balaban J connectivity index is 1.32. The van der Waals surface area contributed by atoms with Crippen molar-refractivity contribution in [2.45, 2.75) is 31.8 Å². The van der Waals surface area contributed by atoms with E-state index >= 15 is 0 Å². The van der Waals surface area contributed by atoms with E-state index in [1.54, 1.807) is 12.5 Å². The molecule has 1 fully saturated rings. The third-order valence-corrected chi connectivity index (χ3v) is 4.96. The van der Waals surface area contributed by atoms with Gasteiger partial charge in [-0.3, -0.25) is 4.98 Å². The Bertz CT molecular complexity index is 852. The molecule has 3 aromatic rings. The van der Waals surface area contributed by atoms with Gasteiger partial charge in [0.05, 0.1) is 19.4 Å². The van der Waals surface area contributed by atoms with Gasteiger partial charge in [0, 0.05) is 43.8 Å². The van der Waals surface area contributed by atoms with Crippen LogP contribution < -0.4 is 5.32 Å². The third-order valence-electron chi connectivity index (χ3n) is 4.96. The first-order chi connectivity index (χ1) is 13.3. The van der Waals surface area contributed by atoms with Gasteiger partial charge in [-0.05, 0) is 36.6 Å². The van der Waals surface area contributed by atoms with Gasteiger partial charge < -0.3 is 19.2 Å². The lowest BCUT2D eigenvalue weighted by atomic mass is 9.96. The van der Waals surface area contributed by atoms with Crippen LogP contribution >= 0.6 is 0 Å². The zero-order valence-electron chi connectivity index (χ0n) is 15.1. The van der Waals surface area contributed by atoms with Gasteiger partial charge in [-0.15, -0.1) is 0 Å². The maximum absolute atomic E-state index is 12.3. The molecule has 27 heavy (non-hydrogen) atoms. The molecule has 140 valence electrons. The normalized spacial score (nSPS) is 15.0. The molecule has 0 spiro atoms. The lowest BCUT2D eigenvalue weighted by Crippen LogP contribution is -2.44. The van der Waals surface area contributed by atoms with Gasteiger partial charge in [0.1, 0.15) is 11.6 Å². The topological polar surface area (TPSA) is 76.2 Å².